The number of benzene rings is 1. The summed E-state index contributed by atoms with van der Waals surface area (Å²) in [5.74, 6) is 0.850. The van der Waals surface area contributed by atoms with Crippen LogP contribution in [0.1, 0.15) is 37.8 Å². The Balaban J connectivity index is 3.07. The van der Waals surface area contributed by atoms with Crippen LogP contribution in [0, 0.1) is 6.92 Å². The van der Waals surface area contributed by atoms with Gasteiger partial charge >= 0.3 is 5.97 Å². The molecule has 0 fully saturated rings. The lowest BCUT2D eigenvalue weighted by Gasteiger charge is -2.12. The maximum Gasteiger partial charge on any atom is 0.308 e. The molecule has 0 spiro atoms. The van der Waals surface area contributed by atoms with Crippen LogP contribution in [0.5, 0.6) is 5.75 Å². The Labute approximate surface area is 84.9 Å². The molecule has 0 N–H and O–H groups in total. The first-order chi connectivity index (χ1) is 6.52. The van der Waals surface area contributed by atoms with Crippen LogP contribution in [-0.4, -0.2) is 5.97 Å². The van der Waals surface area contributed by atoms with E-state index in [2.05, 4.69) is 19.9 Å². The van der Waals surface area contributed by atoms with E-state index in [0.29, 0.717) is 11.7 Å². The fourth-order valence-electron chi connectivity index (χ4n) is 1.52. The molecule has 0 amide bonds. The molecule has 0 aliphatic rings. The Bertz CT molecular complexity index is 340. The smallest absolute Gasteiger partial charge is 0.308 e. The van der Waals surface area contributed by atoms with Crippen molar-refractivity contribution in [2.24, 2.45) is 0 Å². The van der Waals surface area contributed by atoms with Crippen LogP contribution in [0.15, 0.2) is 18.2 Å². The zero-order valence-electron chi connectivity index (χ0n) is 9.13. The van der Waals surface area contributed by atoms with Crippen molar-refractivity contribution in [1.29, 1.82) is 0 Å². The average molecular weight is 192 g/mol. The third-order valence-electron chi connectivity index (χ3n) is 2.20. The van der Waals surface area contributed by atoms with Gasteiger partial charge in [0.2, 0.25) is 0 Å². The van der Waals surface area contributed by atoms with Gasteiger partial charge in [-0.1, -0.05) is 26.0 Å². The van der Waals surface area contributed by atoms with Crippen molar-refractivity contribution in [3.8, 4) is 5.75 Å². The van der Waals surface area contributed by atoms with Gasteiger partial charge in [-0.05, 0) is 30.0 Å². The molecular weight excluding hydrogens is 176 g/mol. The van der Waals surface area contributed by atoms with E-state index in [9.17, 15) is 4.79 Å². The normalized spacial score (nSPS) is 10.4. The largest absolute Gasteiger partial charge is 0.426 e. The van der Waals surface area contributed by atoms with Crippen LogP contribution in [0.2, 0.25) is 0 Å². The molecule has 1 rings (SSSR count). The molecule has 0 aliphatic carbocycles. The van der Waals surface area contributed by atoms with Crippen LogP contribution in [0.4, 0.5) is 0 Å². The molecule has 0 bridgehead atoms. The fraction of sp³-hybridized carbons (Fsp3) is 0.417. The highest BCUT2D eigenvalue weighted by Crippen LogP contribution is 2.26. The predicted molar refractivity (Wildman–Crippen MR) is 56.6 cm³/mol. The molecule has 2 heteroatoms. The van der Waals surface area contributed by atoms with Gasteiger partial charge < -0.3 is 4.74 Å². The highest BCUT2D eigenvalue weighted by atomic mass is 16.5. The molecule has 2 nitrogen and oxygen atoms in total. The summed E-state index contributed by atoms with van der Waals surface area (Å²) in [4.78, 5) is 10.8. The summed E-state index contributed by atoms with van der Waals surface area (Å²) in [6.07, 6.45) is 0. The molecule has 76 valence electrons. The van der Waals surface area contributed by atoms with Gasteiger partial charge in [0, 0.05) is 6.92 Å². The van der Waals surface area contributed by atoms with Gasteiger partial charge in [-0.15, -0.1) is 0 Å². The first kappa shape index (κ1) is 10.8. The highest BCUT2D eigenvalue weighted by molar-refractivity contribution is 5.70. The molecule has 0 saturated heterocycles. The van der Waals surface area contributed by atoms with Crippen LogP contribution in [0.3, 0.4) is 0 Å². The van der Waals surface area contributed by atoms with E-state index < -0.39 is 0 Å². The zero-order valence-corrected chi connectivity index (χ0v) is 9.13. The van der Waals surface area contributed by atoms with Crippen molar-refractivity contribution >= 4 is 5.97 Å². The first-order valence-electron chi connectivity index (χ1n) is 4.80. The Kier molecular flexibility index (Phi) is 3.28. The van der Waals surface area contributed by atoms with Crippen molar-refractivity contribution in [3.63, 3.8) is 0 Å². The molecule has 0 saturated carbocycles. The van der Waals surface area contributed by atoms with Crippen molar-refractivity contribution in [2.45, 2.75) is 33.6 Å². The van der Waals surface area contributed by atoms with E-state index >= 15 is 0 Å². The number of esters is 1. The molecule has 0 heterocycles. The minimum atomic E-state index is -0.269. The van der Waals surface area contributed by atoms with Gasteiger partial charge in [0.1, 0.15) is 5.75 Å². The minimum absolute atomic E-state index is 0.269. The maximum atomic E-state index is 10.8. The second-order valence-corrected chi connectivity index (χ2v) is 3.72. The number of ether oxygens (including phenoxy) is 1. The van der Waals surface area contributed by atoms with Gasteiger partial charge in [0.05, 0.1) is 0 Å². The standard InChI is InChI=1S/C12H16O2/c1-8(2)11-6-5-7-12(9(11)3)14-10(4)13/h5-8H,1-4H3. The van der Waals surface area contributed by atoms with Crippen molar-refractivity contribution in [3.05, 3.63) is 29.3 Å². The Hall–Kier alpha value is -1.31. The average Bonchev–Trinajstić information content (AvgIpc) is 2.07. The molecule has 1 aromatic carbocycles. The Morgan fingerprint density at radius 1 is 1.36 bits per heavy atom. The van der Waals surface area contributed by atoms with Crippen molar-refractivity contribution in [2.75, 3.05) is 0 Å². The summed E-state index contributed by atoms with van der Waals surface area (Å²) in [6, 6.07) is 5.80. The first-order valence-corrected chi connectivity index (χ1v) is 4.80. The minimum Gasteiger partial charge on any atom is -0.426 e. The second kappa shape index (κ2) is 4.27. The monoisotopic (exact) mass is 192 g/mol. The van der Waals surface area contributed by atoms with Crippen molar-refractivity contribution < 1.29 is 9.53 Å². The topological polar surface area (TPSA) is 26.3 Å². The number of carbonyl (C=O) groups is 1. The summed E-state index contributed by atoms with van der Waals surface area (Å²) in [7, 11) is 0. The summed E-state index contributed by atoms with van der Waals surface area (Å²) in [5.41, 5.74) is 2.28. The number of hydrogen-bond acceptors (Lipinski definition) is 2. The Morgan fingerprint density at radius 3 is 2.50 bits per heavy atom. The zero-order chi connectivity index (χ0) is 10.7. The molecular formula is C12H16O2. The van der Waals surface area contributed by atoms with E-state index in [1.807, 2.05) is 19.1 Å². The fourth-order valence-corrected chi connectivity index (χ4v) is 1.52. The number of hydrogen-bond donors (Lipinski definition) is 0. The lowest BCUT2D eigenvalue weighted by atomic mass is 9.97. The lowest BCUT2D eigenvalue weighted by Crippen LogP contribution is -2.04. The van der Waals surface area contributed by atoms with Crippen LogP contribution in [0.25, 0.3) is 0 Å². The van der Waals surface area contributed by atoms with E-state index in [0.717, 1.165) is 5.56 Å². The molecule has 14 heavy (non-hydrogen) atoms. The molecule has 1 aromatic rings. The quantitative estimate of drug-likeness (QED) is 0.531. The van der Waals surface area contributed by atoms with E-state index in [1.165, 1.54) is 12.5 Å². The molecule has 0 unspecified atom stereocenters. The molecule has 0 radical (unpaired) electrons. The van der Waals surface area contributed by atoms with E-state index in [4.69, 9.17) is 4.74 Å². The third-order valence-corrected chi connectivity index (χ3v) is 2.20. The summed E-state index contributed by atoms with van der Waals surface area (Å²) in [6.45, 7) is 7.65. The maximum absolute atomic E-state index is 10.8. The SMILES string of the molecule is CC(=O)Oc1cccc(C(C)C)c1C. The molecule has 0 atom stereocenters. The van der Waals surface area contributed by atoms with E-state index in [-0.39, 0.29) is 5.97 Å². The number of carbonyl (C=O) groups excluding carboxylic acids is 1. The van der Waals surface area contributed by atoms with Crippen molar-refractivity contribution in [1.82, 2.24) is 0 Å². The van der Waals surface area contributed by atoms with Crippen LogP contribution < -0.4 is 4.74 Å². The predicted octanol–water partition coefficient (Wildman–Crippen LogP) is 3.04. The van der Waals surface area contributed by atoms with Gasteiger partial charge in [-0.25, -0.2) is 0 Å². The molecule has 0 aliphatic heterocycles. The van der Waals surface area contributed by atoms with Crippen LogP contribution >= 0.6 is 0 Å². The Morgan fingerprint density at radius 2 is 2.00 bits per heavy atom. The number of rotatable bonds is 2. The summed E-state index contributed by atoms with van der Waals surface area (Å²) < 4.78 is 5.10. The second-order valence-electron chi connectivity index (χ2n) is 3.72. The van der Waals surface area contributed by atoms with Gasteiger partial charge in [-0.2, -0.15) is 0 Å². The lowest BCUT2D eigenvalue weighted by molar-refractivity contribution is -0.131. The highest BCUT2D eigenvalue weighted by Gasteiger charge is 2.08. The third kappa shape index (κ3) is 2.34. The molecule has 0 aromatic heterocycles. The van der Waals surface area contributed by atoms with Gasteiger partial charge in [0.25, 0.3) is 0 Å². The van der Waals surface area contributed by atoms with Gasteiger partial charge in [-0.3, -0.25) is 4.79 Å². The summed E-state index contributed by atoms with van der Waals surface area (Å²) >= 11 is 0. The van der Waals surface area contributed by atoms with Crippen LogP contribution in [-0.2, 0) is 4.79 Å². The van der Waals surface area contributed by atoms with E-state index in [1.54, 1.807) is 0 Å². The van der Waals surface area contributed by atoms with Gasteiger partial charge in [0.15, 0.2) is 0 Å². The summed E-state index contributed by atoms with van der Waals surface area (Å²) in [5, 5.41) is 0.